The number of aliphatic hydroxyl groups excluding tert-OH is 1. The van der Waals surface area contributed by atoms with Gasteiger partial charge in [-0.1, -0.05) is 0 Å². The predicted octanol–water partition coefficient (Wildman–Crippen LogP) is 1.05. The monoisotopic (exact) mass is 192 g/mol. The highest BCUT2D eigenvalue weighted by atomic mass is 32.2. The van der Waals surface area contributed by atoms with Gasteiger partial charge in [0.2, 0.25) is 0 Å². The van der Waals surface area contributed by atoms with Crippen LogP contribution in [0.4, 0.5) is 0 Å². The Morgan fingerprint density at radius 2 is 2.33 bits per heavy atom. The fourth-order valence-electron chi connectivity index (χ4n) is 0.601. The van der Waals surface area contributed by atoms with Gasteiger partial charge in [-0.3, -0.25) is 4.79 Å². The van der Waals surface area contributed by atoms with Crippen molar-refractivity contribution in [3.05, 3.63) is 0 Å². The number of hydrogen-bond acceptors (Lipinski definition) is 4. The number of hydrogen-bond donors (Lipinski definition) is 1. The lowest BCUT2D eigenvalue weighted by Gasteiger charge is -2.05. The molecule has 0 radical (unpaired) electrons. The molecule has 0 spiro atoms. The van der Waals surface area contributed by atoms with Gasteiger partial charge in [0, 0.05) is 12.2 Å². The van der Waals surface area contributed by atoms with Crippen LogP contribution < -0.4 is 0 Å². The van der Waals surface area contributed by atoms with Gasteiger partial charge in [0.1, 0.15) is 0 Å². The molecule has 0 heterocycles. The largest absolute Gasteiger partial charge is 0.466 e. The van der Waals surface area contributed by atoms with E-state index in [1.807, 2.05) is 6.26 Å². The van der Waals surface area contributed by atoms with E-state index in [1.54, 1.807) is 18.7 Å². The fourth-order valence-corrected chi connectivity index (χ4v) is 0.972. The summed E-state index contributed by atoms with van der Waals surface area (Å²) in [5.74, 6) is 0.623. The van der Waals surface area contributed by atoms with E-state index >= 15 is 0 Å². The molecule has 1 N–H and O–H groups in total. The van der Waals surface area contributed by atoms with Crippen LogP contribution in [0.15, 0.2) is 0 Å². The highest BCUT2D eigenvalue weighted by Gasteiger charge is 2.02. The first kappa shape index (κ1) is 11.8. The molecule has 0 aromatic heterocycles. The summed E-state index contributed by atoms with van der Waals surface area (Å²) in [7, 11) is 0. The zero-order valence-corrected chi connectivity index (χ0v) is 8.39. The summed E-state index contributed by atoms with van der Waals surface area (Å²) >= 11 is 1.62. The Morgan fingerprint density at radius 1 is 1.67 bits per heavy atom. The van der Waals surface area contributed by atoms with E-state index in [4.69, 9.17) is 9.84 Å². The lowest BCUT2D eigenvalue weighted by molar-refractivity contribution is -0.143. The van der Waals surface area contributed by atoms with E-state index in [1.165, 1.54) is 0 Å². The second-order valence-electron chi connectivity index (χ2n) is 2.60. The maximum atomic E-state index is 10.9. The molecular formula is C8H16O3S. The molecule has 3 nitrogen and oxygen atoms in total. The molecule has 0 aliphatic heterocycles. The molecule has 0 amide bonds. The minimum absolute atomic E-state index is 0.176. The SMILES string of the molecule is CSCCC(=O)OCCC(C)O. The minimum atomic E-state index is -0.390. The highest BCUT2D eigenvalue weighted by Crippen LogP contribution is 1.98. The standard InChI is InChI=1S/C8H16O3S/c1-7(9)3-5-11-8(10)4-6-12-2/h7,9H,3-6H2,1-2H3. The number of carbonyl (C=O) groups is 1. The molecule has 4 heteroatoms. The second-order valence-corrected chi connectivity index (χ2v) is 3.59. The van der Waals surface area contributed by atoms with Crippen molar-refractivity contribution in [2.24, 2.45) is 0 Å². The molecule has 0 rings (SSSR count). The summed E-state index contributed by atoms with van der Waals surface area (Å²) < 4.78 is 4.84. The molecule has 0 saturated heterocycles. The molecule has 0 aliphatic carbocycles. The smallest absolute Gasteiger partial charge is 0.306 e. The van der Waals surface area contributed by atoms with E-state index < -0.39 is 6.10 Å². The van der Waals surface area contributed by atoms with Crippen LogP contribution in [0, 0.1) is 0 Å². The first-order valence-electron chi connectivity index (χ1n) is 3.99. The lowest BCUT2D eigenvalue weighted by Crippen LogP contribution is -2.11. The van der Waals surface area contributed by atoms with E-state index in [0.29, 0.717) is 19.4 Å². The van der Waals surface area contributed by atoms with E-state index in [0.717, 1.165) is 5.75 Å². The van der Waals surface area contributed by atoms with Crippen molar-refractivity contribution in [3.63, 3.8) is 0 Å². The third-order valence-electron chi connectivity index (χ3n) is 1.31. The number of ether oxygens (including phenoxy) is 1. The Kier molecular flexibility index (Phi) is 7.29. The summed E-state index contributed by atoms with van der Waals surface area (Å²) in [5, 5.41) is 8.85. The summed E-state index contributed by atoms with van der Waals surface area (Å²) in [6, 6.07) is 0. The van der Waals surface area contributed by atoms with Crippen LogP contribution in [0.3, 0.4) is 0 Å². The minimum Gasteiger partial charge on any atom is -0.466 e. The van der Waals surface area contributed by atoms with Gasteiger partial charge in [0.15, 0.2) is 0 Å². The summed E-state index contributed by atoms with van der Waals surface area (Å²) in [6.45, 7) is 2.00. The average Bonchev–Trinajstić information content (AvgIpc) is 2.00. The van der Waals surface area contributed by atoms with Crippen LogP contribution in [-0.4, -0.2) is 35.8 Å². The number of esters is 1. The van der Waals surface area contributed by atoms with Gasteiger partial charge in [-0.2, -0.15) is 11.8 Å². The van der Waals surface area contributed by atoms with Crippen molar-refractivity contribution >= 4 is 17.7 Å². The molecule has 0 aliphatic rings. The number of rotatable bonds is 6. The van der Waals surface area contributed by atoms with Crippen LogP contribution >= 0.6 is 11.8 Å². The summed E-state index contributed by atoms with van der Waals surface area (Å²) in [4.78, 5) is 10.9. The molecule has 1 unspecified atom stereocenters. The third-order valence-corrected chi connectivity index (χ3v) is 1.92. The number of thioether (sulfide) groups is 1. The van der Waals surface area contributed by atoms with Crippen molar-refractivity contribution in [3.8, 4) is 0 Å². The first-order chi connectivity index (χ1) is 5.66. The van der Waals surface area contributed by atoms with Gasteiger partial charge in [0.05, 0.1) is 19.1 Å². The molecule has 0 aromatic carbocycles. The highest BCUT2D eigenvalue weighted by molar-refractivity contribution is 7.98. The van der Waals surface area contributed by atoms with Crippen molar-refractivity contribution in [1.82, 2.24) is 0 Å². The van der Waals surface area contributed by atoms with Gasteiger partial charge in [-0.25, -0.2) is 0 Å². The van der Waals surface area contributed by atoms with Gasteiger partial charge in [-0.15, -0.1) is 0 Å². The number of carbonyl (C=O) groups excluding carboxylic acids is 1. The van der Waals surface area contributed by atoms with Crippen molar-refractivity contribution in [1.29, 1.82) is 0 Å². The molecule has 0 fully saturated rings. The maximum Gasteiger partial charge on any atom is 0.306 e. The van der Waals surface area contributed by atoms with Crippen LogP contribution in [0.1, 0.15) is 19.8 Å². The van der Waals surface area contributed by atoms with Gasteiger partial charge >= 0.3 is 5.97 Å². The lowest BCUT2D eigenvalue weighted by atomic mass is 10.3. The van der Waals surface area contributed by atoms with Crippen LogP contribution in [0.2, 0.25) is 0 Å². The maximum absolute atomic E-state index is 10.9. The predicted molar refractivity (Wildman–Crippen MR) is 50.3 cm³/mol. The average molecular weight is 192 g/mol. The molecule has 1 atom stereocenters. The summed E-state index contributed by atoms with van der Waals surface area (Å²) in [5.41, 5.74) is 0. The molecule has 12 heavy (non-hydrogen) atoms. The van der Waals surface area contributed by atoms with E-state index in [-0.39, 0.29) is 5.97 Å². The topological polar surface area (TPSA) is 46.5 Å². The van der Waals surface area contributed by atoms with E-state index in [2.05, 4.69) is 0 Å². The Hall–Kier alpha value is -0.220. The molecular weight excluding hydrogens is 176 g/mol. The number of aliphatic hydroxyl groups is 1. The Labute approximate surface area is 77.5 Å². The Bertz CT molecular complexity index is 125. The summed E-state index contributed by atoms with van der Waals surface area (Å²) in [6.07, 6.45) is 2.54. The van der Waals surface area contributed by atoms with Crippen LogP contribution in [-0.2, 0) is 9.53 Å². The zero-order valence-electron chi connectivity index (χ0n) is 7.58. The van der Waals surface area contributed by atoms with Crippen molar-refractivity contribution in [2.75, 3.05) is 18.6 Å². The van der Waals surface area contributed by atoms with E-state index in [9.17, 15) is 4.79 Å². The zero-order chi connectivity index (χ0) is 9.40. The van der Waals surface area contributed by atoms with Gasteiger partial charge < -0.3 is 9.84 Å². The second kappa shape index (κ2) is 7.43. The molecule has 72 valence electrons. The van der Waals surface area contributed by atoms with Gasteiger partial charge in [0.25, 0.3) is 0 Å². The normalized spacial score (nSPS) is 12.6. The van der Waals surface area contributed by atoms with Crippen LogP contribution in [0.5, 0.6) is 0 Å². The molecule has 0 bridgehead atoms. The molecule has 0 saturated carbocycles. The van der Waals surface area contributed by atoms with Gasteiger partial charge in [-0.05, 0) is 13.2 Å². The van der Waals surface area contributed by atoms with Crippen molar-refractivity contribution < 1.29 is 14.6 Å². The first-order valence-corrected chi connectivity index (χ1v) is 5.39. The Morgan fingerprint density at radius 3 is 2.83 bits per heavy atom. The fraction of sp³-hybridized carbons (Fsp3) is 0.875. The van der Waals surface area contributed by atoms with Crippen molar-refractivity contribution in [2.45, 2.75) is 25.9 Å². The third kappa shape index (κ3) is 7.88. The quantitative estimate of drug-likeness (QED) is 0.639. The van der Waals surface area contributed by atoms with Crippen LogP contribution in [0.25, 0.3) is 0 Å². The Balaban J connectivity index is 3.20. The molecule has 0 aromatic rings.